The van der Waals surface area contributed by atoms with Gasteiger partial charge in [0.15, 0.2) is 6.29 Å². The molecule has 5 heteroatoms. The molecule has 2 rings (SSSR count). The van der Waals surface area contributed by atoms with E-state index in [1.807, 2.05) is 0 Å². The molecule has 0 aliphatic rings. The molecule has 0 bridgehead atoms. The molecule has 78 valence electrons. The number of fused-ring (bicyclic) bond motifs is 1. The summed E-state index contributed by atoms with van der Waals surface area (Å²) in [6.45, 7) is 0. The summed E-state index contributed by atoms with van der Waals surface area (Å²) in [4.78, 5) is 12.8. The molecule has 0 aliphatic carbocycles. The van der Waals surface area contributed by atoms with Crippen LogP contribution in [0.1, 0.15) is 16.1 Å². The minimum Gasteiger partial charge on any atom is -0.350 e. The smallest absolute Gasteiger partial charge is 0.350 e. The number of carbonyl (C=O) groups is 1. The van der Waals surface area contributed by atoms with Crippen molar-refractivity contribution in [3.05, 3.63) is 35.5 Å². The molecule has 0 spiro atoms. The number of para-hydroxylation sites is 1. The molecule has 0 unspecified atom stereocenters. The van der Waals surface area contributed by atoms with E-state index in [1.165, 1.54) is 12.1 Å². The van der Waals surface area contributed by atoms with Crippen molar-refractivity contribution in [2.45, 2.75) is 6.18 Å². The van der Waals surface area contributed by atoms with Crippen LogP contribution in [-0.2, 0) is 6.18 Å². The molecule has 0 fully saturated rings. The fourth-order valence-electron chi connectivity index (χ4n) is 1.51. The van der Waals surface area contributed by atoms with E-state index in [0.29, 0.717) is 10.9 Å². The summed E-state index contributed by atoms with van der Waals surface area (Å²) >= 11 is 0. The van der Waals surface area contributed by atoms with Crippen LogP contribution in [0.4, 0.5) is 13.2 Å². The SMILES string of the molecule is O=Cc1c(C(F)(F)F)[nH]c2ccccc12. The van der Waals surface area contributed by atoms with Crippen LogP contribution >= 0.6 is 0 Å². The Balaban J connectivity index is 2.81. The number of aromatic nitrogens is 1. The number of H-pyrrole nitrogens is 1. The van der Waals surface area contributed by atoms with Crippen LogP contribution in [-0.4, -0.2) is 11.3 Å². The van der Waals surface area contributed by atoms with E-state index in [0.717, 1.165) is 0 Å². The predicted molar refractivity (Wildman–Crippen MR) is 48.7 cm³/mol. The zero-order valence-corrected chi connectivity index (χ0v) is 7.43. The first-order valence-corrected chi connectivity index (χ1v) is 4.17. The quantitative estimate of drug-likeness (QED) is 0.725. The lowest BCUT2D eigenvalue weighted by molar-refractivity contribution is -0.140. The van der Waals surface area contributed by atoms with Crippen molar-refractivity contribution in [1.29, 1.82) is 0 Å². The Morgan fingerprint density at radius 3 is 2.47 bits per heavy atom. The molecule has 1 aromatic carbocycles. The fourth-order valence-corrected chi connectivity index (χ4v) is 1.51. The number of alkyl halides is 3. The van der Waals surface area contributed by atoms with Gasteiger partial charge in [-0.25, -0.2) is 0 Å². The van der Waals surface area contributed by atoms with Gasteiger partial charge >= 0.3 is 6.18 Å². The maximum Gasteiger partial charge on any atom is 0.431 e. The van der Waals surface area contributed by atoms with Crippen molar-refractivity contribution in [1.82, 2.24) is 4.98 Å². The largest absolute Gasteiger partial charge is 0.431 e. The minimum absolute atomic E-state index is 0.224. The molecule has 0 atom stereocenters. The molecule has 1 aromatic heterocycles. The van der Waals surface area contributed by atoms with Crippen LogP contribution in [0.2, 0.25) is 0 Å². The van der Waals surface area contributed by atoms with Crippen molar-refractivity contribution in [2.75, 3.05) is 0 Å². The molecule has 2 aromatic rings. The normalized spacial score (nSPS) is 11.9. The van der Waals surface area contributed by atoms with Crippen LogP contribution in [0.25, 0.3) is 10.9 Å². The zero-order chi connectivity index (χ0) is 11.1. The monoisotopic (exact) mass is 213 g/mol. The maximum atomic E-state index is 12.5. The van der Waals surface area contributed by atoms with Crippen LogP contribution in [0.5, 0.6) is 0 Å². The van der Waals surface area contributed by atoms with E-state index < -0.39 is 11.9 Å². The van der Waals surface area contributed by atoms with Crippen LogP contribution in [0.15, 0.2) is 24.3 Å². The Morgan fingerprint density at radius 1 is 1.20 bits per heavy atom. The number of aldehydes is 1. The Labute approximate surface area is 82.7 Å². The molecule has 0 radical (unpaired) electrons. The summed E-state index contributed by atoms with van der Waals surface area (Å²) in [7, 11) is 0. The lowest BCUT2D eigenvalue weighted by Gasteiger charge is -2.03. The van der Waals surface area contributed by atoms with Gasteiger partial charge in [-0.3, -0.25) is 4.79 Å². The van der Waals surface area contributed by atoms with Gasteiger partial charge in [-0.05, 0) is 6.07 Å². The minimum atomic E-state index is -4.53. The third-order valence-electron chi connectivity index (χ3n) is 2.15. The van der Waals surface area contributed by atoms with Crippen LogP contribution < -0.4 is 0 Å². The first-order valence-electron chi connectivity index (χ1n) is 4.17. The first-order chi connectivity index (χ1) is 7.04. The number of nitrogens with one attached hydrogen (secondary N) is 1. The highest BCUT2D eigenvalue weighted by atomic mass is 19.4. The highest BCUT2D eigenvalue weighted by Crippen LogP contribution is 2.34. The second-order valence-electron chi connectivity index (χ2n) is 3.07. The highest BCUT2D eigenvalue weighted by molar-refractivity contribution is 5.99. The molecule has 1 heterocycles. The van der Waals surface area contributed by atoms with Gasteiger partial charge in [0.1, 0.15) is 5.69 Å². The summed E-state index contributed by atoms with van der Waals surface area (Å²) in [6.07, 6.45) is -4.31. The van der Waals surface area contributed by atoms with Gasteiger partial charge in [0.05, 0.1) is 5.56 Å². The molecule has 1 N–H and O–H groups in total. The Kier molecular flexibility index (Phi) is 2.03. The Bertz CT molecular complexity index is 513. The summed E-state index contributed by atoms with van der Waals surface area (Å²) in [5.74, 6) is 0. The molecule has 0 saturated heterocycles. The van der Waals surface area contributed by atoms with E-state index in [9.17, 15) is 18.0 Å². The molecule has 0 saturated carbocycles. The average Bonchev–Trinajstić information content (AvgIpc) is 2.55. The molecule has 15 heavy (non-hydrogen) atoms. The van der Waals surface area contributed by atoms with E-state index in [-0.39, 0.29) is 11.8 Å². The number of hydrogen-bond donors (Lipinski definition) is 1. The van der Waals surface area contributed by atoms with E-state index in [2.05, 4.69) is 4.98 Å². The molecular formula is C10H6F3NO. The van der Waals surface area contributed by atoms with Gasteiger partial charge in [-0.15, -0.1) is 0 Å². The highest BCUT2D eigenvalue weighted by Gasteiger charge is 2.36. The van der Waals surface area contributed by atoms with Gasteiger partial charge in [0, 0.05) is 10.9 Å². The lowest BCUT2D eigenvalue weighted by atomic mass is 10.1. The Morgan fingerprint density at radius 2 is 1.87 bits per heavy atom. The van der Waals surface area contributed by atoms with Crippen LogP contribution in [0.3, 0.4) is 0 Å². The number of halogens is 3. The van der Waals surface area contributed by atoms with Gasteiger partial charge in [-0.2, -0.15) is 13.2 Å². The third kappa shape index (κ3) is 1.49. The molecule has 0 aliphatic heterocycles. The number of hydrogen-bond acceptors (Lipinski definition) is 1. The predicted octanol–water partition coefficient (Wildman–Crippen LogP) is 3.00. The summed E-state index contributed by atoms with van der Waals surface area (Å²) in [6, 6.07) is 6.17. The van der Waals surface area contributed by atoms with E-state index in [1.54, 1.807) is 12.1 Å². The summed E-state index contributed by atoms with van der Waals surface area (Å²) in [5, 5.41) is 0.292. The van der Waals surface area contributed by atoms with E-state index >= 15 is 0 Å². The number of benzene rings is 1. The van der Waals surface area contributed by atoms with Crippen molar-refractivity contribution in [3.63, 3.8) is 0 Å². The lowest BCUT2D eigenvalue weighted by Crippen LogP contribution is -2.08. The van der Waals surface area contributed by atoms with Crippen molar-refractivity contribution in [3.8, 4) is 0 Å². The standard InChI is InChI=1S/C10H6F3NO/c11-10(12,13)9-7(5-15)6-3-1-2-4-8(6)14-9/h1-5,14H. The third-order valence-corrected chi connectivity index (χ3v) is 2.15. The molecule has 0 amide bonds. The maximum absolute atomic E-state index is 12.5. The molecule has 2 nitrogen and oxygen atoms in total. The number of carbonyl (C=O) groups excluding carboxylic acids is 1. The van der Waals surface area contributed by atoms with Gasteiger partial charge < -0.3 is 4.98 Å². The fraction of sp³-hybridized carbons (Fsp3) is 0.100. The van der Waals surface area contributed by atoms with Gasteiger partial charge in [0.2, 0.25) is 0 Å². The zero-order valence-electron chi connectivity index (χ0n) is 7.43. The topological polar surface area (TPSA) is 32.9 Å². The average molecular weight is 213 g/mol. The first kappa shape index (κ1) is 9.76. The molecular weight excluding hydrogens is 207 g/mol. The van der Waals surface area contributed by atoms with Crippen molar-refractivity contribution < 1.29 is 18.0 Å². The number of aromatic amines is 1. The Hall–Kier alpha value is -1.78. The van der Waals surface area contributed by atoms with Crippen molar-refractivity contribution >= 4 is 17.2 Å². The van der Waals surface area contributed by atoms with E-state index in [4.69, 9.17) is 0 Å². The number of rotatable bonds is 1. The van der Waals surface area contributed by atoms with Gasteiger partial charge in [0.25, 0.3) is 0 Å². The van der Waals surface area contributed by atoms with Gasteiger partial charge in [-0.1, -0.05) is 18.2 Å². The second-order valence-corrected chi connectivity index (χ2v) is 3.07. The van der Waals surface area contributed by atoms with Crippen molar-refractivity contribution in [2.24, 2.45) is 0 Å². The second kappa shape index (κ2) is 3.12. The summed E-state index contributed by atoms with van der Waals surface area (Å²) in [5.41, 5.74) is -1.01. The van der Waals surface area contributed by atoms with Crippen LogP contribution in [0, 0.1) is 0 Å². The summed E-state index contributed by atoms with van der Waals surface area (Å²) < 4.78 is 37.5.